The number of carbonyl (C=O) groups excluding carboxylic acids is 1. The Balaban J connectivity index is 4.29. The maximum atomic E-state index is 11.3. The van der Waals surface area contributed by atoms with E-state index in [1.165, 1.54) is 13.8 Å². The fraction of sp³-hybridized carbons (Fsp3) is 0.667. The van der Waals surface area contributed by atoms with Gasteiger partial charge in [0.2, 0.25) is 5.91 Å². The minimum atomic E-state index is -1.72. The van der Waals surface area contributed by atoms with Crippen LogP contribution in [0.1, 0.15) is 20.3 Å². The summed E-state index contributed by atoms with van der Waals surface area (Å²) in [6.07, 6.45) is -2.01. The zero-order valence-electron chi connectivity index (χ0n) is 9.06. The summed E-state index contributed by atoms with van der Waals surface area (Å²) in [5.41, 5.74) is -1.62. The number of hydrogen-bond donors (Lipinski definition) is 4. The van der Waals surface area contributed by atoms with Crippen molar-refractivity contribution in [2.75, 3.05) is 6.54 Å². The van der Waals surface area contributed by atoms with Crippen molar-refractivity contribution in [1.29, 1.82) is 0 Å². The Morgan fingerprint density at radius 3 is 2.12 bits per heavy atom. The first-order valence-corrected chi connectivity index (χ1v) is 4.60. The number of hydrogen-bond acceptors (Lipinski definition) is 4. The van der Waals surface area contributed by atoms with Crippen LogP contribution in [0, 0.1) is 5.41 Å². The summed E-state index contributed by atoms with van der Waals surface area (Å²) in [6, 6.07) is 0. The predicted molar refractivity (Wildman–Crippen MR) is 52.7 cm³/mol. The number of aliphatic hydroxyl groups is 1. The lowest BCUT2D eigenvalue weighted by atomic mass is 9.86. The summed E-state index contributed by atoms with van der Waals surface area (Å²) in [6.45, 7) is 2.26. The maximum absolute atomic E-state index is 11.3. The summed E-state index contributed by atoms with van der Waals surface area (Å²) >= 11 is 0. The first-order valence-electron chi connectivity index (χ1n) is 4.60. The normalized spacial score (nSPS) is 12.9. The number of rotatable bonds is 6. The Hall–Kier alpha value is -1.63. The molecule has 0 bridgehead atoms. The molecule has 0 aromatic rings. The highest BCUT2D eigenvalue weighted by Gasteiger charge is 2.40. The molecule has 0 unspecified atom stereocenters. The molecule has 92 valence electrons. The molecule has 0 saturated heterocycles. The smallest absolute Gasteiger partial charge is 0.312 e. The Bertz CT molecular complexity index is 298. The Labute approximate surface area is 92.1 Å². The SMILES string of the molecule is CC(C)(C(=O)O)[C@@H](O)C(=O)NCCC(=O)O. The van der Waals surface area contributed by atoms with Crippen LogP contribution in [0.15, 0.2) is 0 Å². The van der Waals surface area contributed by atoms with Gasteiger partial charge in [0.25, 0.3) is 0 Å². The van der Waals surface area contributed by atoms with Crippen LogP contribution in [0.5, 0.6) is 0 Å². The molecule has 4 N–H and O–H groups in total. The molecule has 0 aliphatic rings. The van der Waals surface area contributed by atoms with Crippen LogP contribution >= 0.6 is 0 Å². The Morgan fingerprint density at radius 2 is 1.75 bits per heavy atom. The van der Waals surface area contributed by atoms with Gasteiger partial charge in [-0.05, 0) is 13.8 Å². The summed E-state index contributed by atoms with van der Waals surface area (Å²) in [5.74, 6) is -3.30. The van der Waals surface area contributed by atoms with Crippen molar-refractivity contribution >= 4 is 17.8 Å². The lowest BCUT2D eigenvalue weighted by Gasteiger charge is -2.24. The van der Waals surface area contributed by atoms with Crippen molar-refractivity contribution in [3.63, 3.8) is 0 Å². The van der Waals surface area contributed by atoms with Gasteiger partial charge in [0.15, 0.2) is 0 Å². The number of nitrogens with one attached hydrogen (secondary N) is 1. The minimum absolute atomic E-state index is 0.152. The molecule has 0 fully saturated rings. The van der Waals surface area contributed by atoms with E-state index in [4.69, 9.17) is 10.2 Å². The zero-order chi connectivity index (χ0) is 12.9. The average Bonchev–Trinajstić information content (AvgIpc) is 2.15. The third-order valence-corrected chi connectivity index (χ3v) is 2.12. The highest BCUT2D eigenvalue weighted by molar-refractivity contribution is 5.88. The summed E-state index contributed by atoms with van der Waals surface area (Å²) in [7, 11) is 0. The van der Waals surface area contributed by atoms with Gasteiger partial charge in [0, 0.05) is 6.54 Å². The molecule has 1 atom stereocenters. The molecule has 0 spiro atoms. The average molecular weight is 233 g/mol. The Morgan fingerprint density at radius 1 is 1.25 bits per heavy atom. The molecule has 0 aromatic heterocycles. The number of amides is 1. The molecule has 0 aromatic carbocycles. The molecule has 16 heavy (non-hydrogen) atoms. The fourth-order valence-corrected chi connectivity index (χ4v) is 0.834. The van der Waals surface area contributed by atoms with Gasteiger partial charge < -0.3 is 20.6 Å². The molecular weight excluding hydrogens is 218 g/mol. The quantitative estimate of drug-likeness (QED) is 0.469. The van der Waals surface area contributed by atoms with Gasteiger partial charge in [0.05, 0.1) is 11.8 Å². The topological polar surface area (TPSA) is 124 Å². The molecule has 0 aliphatic heterocycles. The van der Waals surface area contributed by atoms with Gasteiger partial charge in [-0.2, -0.15) is 0 Å². The largest absolute Gasteiger partial charge is 0.481 e. The zero-order valence-corrected chi connectivity index (χ0v) is 9.06. The first-order chi connectivity index (χ1) is 7.19. The fourth-order valence-electron chi connectivity index (χ4n) is 0.834. The number of aliphatic carboxylic acids is 2. The van der Waals surface area contributed by atoms with E-state index in [1.807, 2.05) is 0 Å². The van der Waals surface area contributed by atoms with Gasteiger partial charge in [-0.15, -0.1) is 0 Å². The third-order valence-electron chi connectivity index (χ3n) is 2.12. The first kappa shape index (κ1) is 14.4. The highest BCUT2D eigenvalue weighted by Crippen LogP contribution is 2.20. The van der Waals surface area contributed by atoms with Crippen molar-refractivity contribution in [1.82, 2.24) is 5.32 Å². The number of carboxylic acids is 2. The molecule has 0 heterocycles. The highest BCUT2D eigenvalue weighted by atomic mass is 16.4. The van der Waals surface area contributed by atoms with Crippen LogP contribution < -0.4 is 5.32 Å². The molecule has 7 nitrogen and oxygen atoms in total. The second kappa shape index (κ2) is 5.45. The predicted octanol–water partition coefficient (Wildman–Crippen LogP) is -0.951. The molecule has 0 radical (unpaired) electrons. The molecule has 1 amide bonds. The molecule has 0 saturated carbocycles. The molecule has 0 rings (SSSR count). The van der Waals surface area contributed by atoms with Gasteiger partial charge in [-0.25, -0.2) is 0 Å². The van der Waals surface area contributed by atoms with Crippen LogP contribution in [0.25, 0.3) is 0 Å². The van der Waals surface area contributed by atoms with E-state index in [0.29, 0.717) is 0 Å². The molecular formula is C9H15NO6. The minimum Gasteiger partial charge on any atom is -0.481 e. The van der Waals surface area contributed by atoms with E-state index in [9.17, 15) is 19.5 Å². The van der Waals surface area contributed by atoms with Gasteiger partial charge in [-0.3, -0.25) is 14.4 Å². The summed E-state index contributed by atoms with van der Waals surface area (Å²) in [5, 5.41) is 28.6. The monoisotopic (exact) mass is 233 g/mol. The summed E-state index contributed by atoms with van der Waals surface area (Å²) < 4.78 is 0. The second-order valence-corrected chi connectivity index (χ2v) is 3.86. The van der Waals surface area contributed by atoms with Crippen LogP contribution in [0.3, 0.4) is 0 Å². The second-order valence-electron chi connectivity index (χ2n) is 3.86. The lowest BCUT2D eigenvalue weighted by Crippen LogP contribution is -2.48. The van der Waals surface area contributed by atoms with Gasteiger partial charge >= 0.3 is 11.9 Å². The Kier molecular flexibility index (Phi) is 4.90. The van der Waals surface area contributed by atoms with Gasteiger partial charge in [0.1, 0.15) is 6.10 Å². The van der Waals surface area contributed by atoms with E-state index in [2.05, 4.69) is 5.32 Å². The number of carbonyl (C=O) groups is 3. The van der Waals surface area contributed by atoms with E-state index in [-0.39, 0.29) is 13.0 Å². The van der Waals surface area contributed by atoms with Gasteiger partial charge in [-0.1, -0.05) is 0 Å². The van der Waals surface area contributed by atoms with Crippen LogP contribution in [0.4, 0.5) is 0 Å². The van der Waals surface area contributed by atoms with E-state index in [0.717, 1.165) is 0 Å². The third kappa shape index (κ3) is 3.85. The van der Waals surface area contributed by atoms with E-state index >= 15 is 0 Å². The molecule has 7 heteroatoms. The van der Waals surface area contributed by atoms with Crippen LogP contribution in [-0.4, -0.2) is 45.8 Å². The lowest BCUT2D eigenvalue weighted by molar-refractivity contribution is -0.159. The van der Waals surface area contributed by atoms with E-state index < -0.39 is 29.4 Å². The summed E-state index contributed by atoms with van der Waals surface area (Å²) in [4.78, 5) is 32.1. The maximum Gasteiger partial charge on any atom is 0.312 e. The standard InChI is InChI=1S/C9H15NO6/c1-9(2,8(15)16)6(13)7(14)10-4-3-5(11)12/h6,13H,3-4H2,1-2H3,(H,10,14)(H,11,12)(H,15,16)/t6-/m0/s1. The number of aliphatic hydroxyl groups excluding tert-OH is 1. The molecule has 0 aliphatic carbocycles. The van der Waals surface area contributed by atoms with E-state index in [1.54, 1.807) is 0 Å². The van der Waals surface area contributed by atoms with Crippen molar-refractivity contribution in [2.24, 2.45) is 5.41 Å². The van der Waals surface area contributed by atoms with Crippen molar-refractivity contribution < 1.29 is 29.7 Å². The van der Waals surface area contributed by atoms with Crippen molar-refractivity contribution in [3.8, 4) is 0 Å². The van der Waals surface area contributed by atoms with Crippen LogP contribution in [0.2, 0.25) is 0 Å². The van der Waals surface area contributed by atoms with Crippen molar-refractivity contribution in [2.45, 2.75) is 26.4 Å². The van der Waals surface area contributed by atoms with Crippen molar-refractivity contribution in [3.05, 3.63) is 0 Å². The van der Waals surface area contributed by atoms with Crippen LogP contribution in [-0.2, 0) is 14.4 Å². The number of carboxylic acid groups (broad SMARTS) is 2.